The summed E-state index contributed by atoms with van der Waals surface area (Å²) in [6.07, 6.45) is 3.80. The first-order chi connectivity index (χ1) is 11.3. The predicted molar refractivity (Wildman–Crippen MR) is 84.8 cm³/mol. The number of hydrogen-bond donors (Lipinski definition) is 2. The minimum atomic E-state index is -1.09. The van der Waals surface area contributed by atoms with E-state index in [0.717, 1.165) is 38.2 Å². The first-order valence-corrected chi connectivity index (χ1v) is 8.66. The summed E-state index contributed by atoms with van der Waals surface area (Å²) in [7, 11) is 0. The standard InChI is InChI=1S/C18H26O6/c1-3-15(20)24-11(2)14(19)9-23-16(21)17-5-12-4-13(6-17)8-18(22,7-12)10-17/h3,11-14,19,22H,1,4-10H2,2H3. The number of hydrogen-bond acceptors (Lipinski definition) is 6. The van der Waals surface area contributed by atoms with Gasteiger partial charge in [0, 0.05) is 6.08 Å². The first-order valence-electron chi connectivity index (χ1n) is 8.66. The van der Waals surface area contributed by atoms with Crippen LogP contribution < -0.4 is 0 Å². The van der Waals surface area contributed by atoms with Crippen LogP contribution in [-0.4, -0.2) is 46.6 Å². The Hall–Kier alpha value is -1.40. The van der Waals surface area contributed by atoms with Crippen molar-refractivity contribution in [2.75, 3.05) is 6.61 Å². The third-order valence-electron chi connectivity index (χ3n) is 5.86. The zero-order chi connectivity index (χ0) is 17.5. The summed E-state index contributed by atoms with van der Waals surface area (Å²) >= 11 is 0. The molecule has 4 saturated carbocycles. The van der Waals surface area contributed by atoms with Gasteiger partial charge in [0.1, 0.15) is 18.8 Å². The molecule has 4 bridgehead atoms. The Kier molecular flexibility index (Phi) is 4.47. The Labute approximate surface area is 141 Å². The fourth-order valence-corrected chi connectivity index (χ4v) is 5.21. The van der Waals surface area contributed by atoms with E-state index in [4.69, 9.17) is 9.47 Å². The second kappa shape index (κ2) is 6.15. The molecule has 0 radical (unpaired) electrons. The Bertz CT molecular complexity index is 528. The average Bonchev–Trinajstić information content (AvgIpc) is 2.49. The number of carbonyl (C=O) groups excluding carboxylic acids is 2. The molecular formula is C18H26O6. The molecule has 2 N–H and O–H groups in total. The largest absolute Gasteiger partial charge is 0.462 e. The van der Waals surface area contributed by atoms with E-state index in [1.165, 1.54) is 6.92 Å². The summed E-state index contributed by atoms with van der Waals surface area (Å²) in [4.78, 5) is 23.8. The monoisotopic (exact) mass is 338 g/mol. The van der Waals surface area contributed by atoms with Crippen LogP contribution in [0.25, 0.3) is 0 Å². The zero-order valence-corrected chi connectivity index (χ0v) is 14.1. The molecule has 0 aromatic heterocycles. The highest BCUT2D eigenvalue weighted by molar-refractivity contribution is 5.81. The Morgan fingerprint density at radius 2 is 1.92 bits per heavy atom. The van der Waals surface area contributed by atoms with Gasteiger partial charge in [-0.25, -0.2) is 4.79 Å². The highest BCUT2D eigenvalue weighted by Gasteiger charge is 2.60. The van der Waals surface area contributed by atoms with Crippen LogP contribution in [0.15, 0.2) is 12.7 Å². The lowest BCUT2D eigenvalue weighted by Crippen LogP contribution is -2.58. The van der Waals surface area contributed by atoms with E-state index in [9.17, 15) is 19.8 Å². The van der Waals surface area contributed by atoms with Crippen molar-refractivity contribution in [3.05, 3.63) is 12.7 Å². The van der Waals surface area contributed by atoms with Gasteiger partial charge < -0.3 is 19.7 Å². The van der Waals surface area contributed by atoms with Crippen molar-refractivity contribution in [2.24, 2.45) is 17.3 Å². The molecule has 4 rings (SSSR count). The molecule has 4 atom stereocenters. The Morgan fingerprint density at radius 3 is 2.46 bits per heavy atom. The van der Waals surface area contributed by atoms with Gasteiger partial charge in [-0.15, -0.1) is 0 Å². The molecule has 0 aromatic carbocycles. The number of rotatable bonds is 6. The van der Waals surface area contributed by atoms with Crippen LogP contribution >= 0.6 is 0 Å². The van der Waals surface area contributed by atoms with Crippen LogP contribution in [0.2, 0.25) is 0 Å². The summed E-state index contributed by atoms with van der Waals surface area (Å²) in [5.74, 6) is -0.185. The number of carbonyl (C=O) groups is 2. The highest BCUT2D eigenvalue weighted by Crippen LogP contribution is 2.61. The molecule has 24 heavy (non-hydrogen) atoms. The van der Waals surface area contributed by atoms with Crippen molar-refractivity contribution in [3.63, 3.8) is 0 Å². The van der Waals surface area contributed by atoms with Gasteiger partial charge in [-0.2, -0.15) is 0 Å². The molecule has 0 saturated heterocycles. The topological polar surface area (TPSA) is 93.1 Å². The molecule has 0 aliphatic heterocycles. The average molecular weight is 338 g/mol. The smallest absolute Gasteiger partial charge is 0.330 e. The predicted octanol–water partition coefficient (Wildman–Crippen LogP) is 1.34. The van der Waals surface area contributed by atoms with Crippen LogP contribution in [-0.2, 0) is 19.1 Å². The lowest BCUT2D eigenvalue weighted by Gasteiger charge is -2.58. The van der Waals surface area contributed by atoms with Crippen molar-refractivity contribution in [3.8, 4) is 0 Å². The molecule has 0 heterocycles. The van der Waals surface area contributed by atoms with E-state index in [0.29, 0.717) is 18.3 Å². The van der Waals surface area contributed by atoms with Gasteiger partial charge in [-0.3, -0.25) is 4.79 Å². The van der Waals surface area contributed by atoms with E-state index < -0.39 is 29.2 Å². The molecule has 6 nitrogen and oxygen atoms in total. The molecule has 0 aromatic rings. The van der Waals surface area contributed by atoms with Crippen LogP contribution in [0.5, 0.6) is 0 Å². The lowest BCUT2D eigenvalue weighted by molar-refractivity contribution is -0.199. The van der Waals surface area contributed by atoms with Crippen molar-refractivity contribution >= 4 is 11.9 Å². The summed E-state index contributed by atoms with van der Waals surface area (Å²) in [6, 6.07) is 0. The summed E-state index contributed by atoms with van der Waals surface area (Å²) in [6.45, 7) is 4.61. The molecule has 0 spiro atoms. The van der Waals surface area contributed by atoms with Crippen LogP contribution in [0.4, 0.5) is 0 Å². The first kappa shape index (κ1) is 17.4. The van der Waals surface area contributed by atoms with Crippen molar-refractivity contribution in [2.45, 2.75) is 63.3 Å². The molecule has 4 fully saturated rings. The lowest BCUT2D eigenvalue weighted by atomic mass is 9.48. The van der Waals surface area contributed by atoms with Crippen molar-refractivity contribution < 1.29 is 29.3 Å². The fourth-order valence-electron chi connectivity index (χ4n) is 5.21. The van der Waals surface area contributed by atoms with E-state index in [1.807, 2.05) is 0 Å². The van der Waals surface area contributed by atoms with Gasteiger partial charge in [0.05, 0.1) is 11.0 Å². The summed E-state index contributed by atoms with van der Waals surface area (Å²) < 4.78 is 10.3. The quantitative estimate of drug-likeness (QED) is 0.561. The van der Waals surface area contributed by atoms with Gasteiger partial charge in [0.15, 0.2) is 0 Å². The maximum atomic E-state index is 12.7. The van der Waals surface area contributed by atoms with E-state index >= 15 is 0 Å². The number of ether oxygens (including phenoxy) is 2. The minimum Gasteiger partial charge on any atom is -0.462 e. The van der Waals surface area contributed by atoms with E-state index in [1.54, 1.807) is 0 Å². The van der Waals surface area contributed by atoms with Gasteiger partial charge in [-0.05, 0) is 57.3 Å². The van der Waals surface area contributed by atoms with Crippen LogP contribution in [0.3, 0.4) is 0 Å². The molecule has 0 amide bonds. The maximum Gasteiger partial charge on any atom is 0.330 e. The molecule has 4 aliphatic rings. The van der Waals surface area contributed by atoms with Gasteiger partial charge in [0.2, 0.25) is 0 Å². The fraction of sp³-hybridized carbons (Fsp3) is 0.778. The number of aliphatic hydroxyl groups is 2. The highest BCUT2D eigenvalue weighted by atomic mass is 16.6. The van der Waals surface area contributed by atoms with Crippen molar-refractivity contribution in [1.82, 2.24) is 0 Å². The number of esters is 2. The molecule has 4 unspecified atom stereocenters. The molecule has 134 valence electrons. The van der Waals surface area contributed by atoms with Gasteiger partial charge in [0.25, 0.3) is 0 Å². The van der Waals surface area contributed by atoms with Gasteiger partial charge in [-0.1, -0.05) is 6.58 Å². The third-order valence-corrected chi connectivity index (χ3v) is 5.86. The van der Waals surface area contributed by atoms with Crippen molar-refractivity contribution in [1.29, 1.82) is 0 Å². The molecule has 6 heteroatoms. The van der Waals surface area contributed by atoms with E-state index in [-0.39, 0.29) is 12.6 Å². The van der Waals surface area contributed by atoms with Gasteiger partial charge >= 0.3 is 11.9 Å². The SMILES string of the molecule is C=CC(=O)OC(C)C(O)COC(=O)C12CC3CC(CC(O)(C3)C1)C2. The Morgan fingerprint density at radius 1 is 1.29 bits per heavy atom. The molecule has 4 aliphatic carbocycles. The summed E-state index contributed by atoms with van der Waals surface area (Å²) in [5.41, 5.74) is -1.34. The minimum absolute atomic E-state index is 0.222. The van der Waals surface area contributed by atoms with E-state index in [2.05, 4.69) is 6.58 Å². The maximum absolute atomic E-state index is 12.7. The Balaban J connectivity index is 1.57. The third kappa shape index (κ3) is 3.22. The van der Waals surface area contributed by atoms with Crippen LogP contribution in [0, 0.1) is 17.3 Å². The number of aliphatic hydroxyl groups excluding tert-OH is 1. The second-order valence-corrected chi connectivity index (χ2v) is 7.98. The normalized spacial score (nSPS) is 39.1. The molecular weight excluding hydrogens is 312 g/mol. The van der Waals surface area contributed by atoms with Crippen LogP contribution in [0.1, 0.15) is 45.4 Å². The zero-order valence-electron chi connectivity index (χ0n) is 14.1. The second-order valence-electron chi connectivity index (χ2n) is 7.98. The summed E-state index contributed by atoms with van der Waals surface area (Å²) in [5, 5.41) is 20.7.